The Morgan fingerprint density at radius 1 is 1.09 bits per heavy atom. The molecule has 0 aromatic carbocycles. The summed E-state index contributed by atoms with van der Waals surface area (Å²) in [7, 11) is 0. The zero-order valence-corrected chi connectivity index (χ0v) is 7.90. The lowest BCUT2D eigenvalue weighted by Crippen LogP contribution is -2.14. The Bertz CT molecular complexity index is 86.9. The molecule has 0 aliphatic carbocycles. The Kier molecular flexibility index (Phi) is 9.44. The van der Waals surface area contributed by atoms with Crippen molar-refractivity contribution in [1.29, 1.82) is 0 Å². The summed E-state index contributed by atoms with van der Waals surface area (Å²) >= 11 is 0. The van der Waals surface area contributed by atoms with E-state index in [9.17, 15) is 0 Å². The van der Waals surface area contributed by atoms with E-state index in [1.165, 1.54) is 25.7 Å². The van der Waals surface area contributed by atoms with Crippen LogP contribution in [0.2, 0.25) is 0 Å². The Balaban J connectivity index is 2.89. The van der Waals surface area contributed by atoms with E-state index in [2.05, 4.69) is 31.3 Å². The molecular weight excluding hydrogens is 134 g/mol. The number of nitrogens with one attached hydrogen (secondary N) is 1. The third-order valence-corrected chi connectivity index (χ3v) is 1.59. The van der Waals surface area contributed by atoms with Gasteiger partial charge in [-0.05, 0) is 19.4 Å². The highest BCUT2D eigenvalue weighted by atomic mass is 14.8. The molecule has 0 aliphatic heterocycles. The van der Waals surface area contributed by atoms with Crippen molar-refractivity contribution in [2.24, 2.45) is 0 Å². The van der Waals surface area contributed by atoms with E-state index in [1.807, 2.05) is 0 Å². The largest absolute Gasteiger partial charge is 0.313 e. The molecule has 66 valence electrons. The zero-order chi connectivity index (χ0) is 8.36. The summed E-state index contributed by atoms with van der Waals surface area (Å²) in [4.78, 5) is 0. The van der Waals surface area contributed by atoms with Crippen LogP contribution in [0.15, 0.2) is 12.2 Å². The van der Waals surface area contributed by atoms with Gasteiger partial charge in [0.15, 0.2) is 0 Å². The van der Waals surface area contributed by atoms with Gasteiger partial charge in [0, 0.05) is 6.54 Å². The van der Waals surface area contributed by atoms with E-state index in [0.29, 0.717) is 0 Å². The molecule has 0 saturated carbocycles. The van der Waals surface area contributed by atoms with Gasteiger partial charge in [0.2, 0.25) is 0 Å². The van der Waals surface area contributed by atoms with Crippen LogP contribution in [0.4, 0.5) is 0 Å². The molecule has 0 spiro atoms. The first-order chi connectivity index (χ1) is 5.41. The normalized spacial score (nSPS) is 11.1. The second-order valence-corrected chi connectivity index (χ2v) is 2.82. The molecule has 1 heteroatoms. The van der Waals surface area contributed by atoms with Crippen LogP contribution in [0, 0.1) is 0 Å². The van der Waals surface area contributed by atoms with Crippen LogP contribution in [0.3, 0.4) is 0 Å². The topological polar surface area (TPSA) is 12.0 Å². The Morgan fingerprint density at radius 3 is 2.55 bits per heavy atom. The smallest absolute Gasteiger partial charge is 0.0134 e. The molecule has 0 bridgehead atoms. The molecule has 0 aromatic rings. The Hall–Kier alpha value is -0.300. The number of allylic oxidation sites excluding steroid dienone is 1. The third kappa shape index (κ3) is 9.70. The lowest BCUT2D eigenvalue weighted by atomic mass is 10.3. The second kappa shape index (κ2) is 9.70. The van der Waals surface area contributed by atoms with Gasteiger partial charge in [-0.2, -0.15) is 0 Å². The second-order valence-electron chi connectivity index (χ2n) is 2.82. The molecule has 0 aliphatic rings. The molecule has 0 rings (SSSR count). The summed E-state index contributed by atoms with van der Waals surface area (Å²) in [6.07, 6.45) is 9.52. The van der Waals surface area contributed by atoms with Crippen molar-refractivity contribution >= 4 is 0 Å². The van der Waals surface area contributed by atoms with Crippen LogP contribution < -0.4 is 5.32 Å². The van der Waals surface area contributed by atoms with Crippen LogP contribution in [0.25, 0.3) is 0 Å². The first-order valence-electron chi connectivity index (χ1n) is 4.77. The summed E-state index contributed by atoms with van der Waals surface area (Å²) in [6.45, 7) is 6.62. The van der Waals surface area contributed by atoms with E-state index in [0.717, 1.165) is 13.1 Å². The fourth-order valence-electron chi connectivity index (χ4n) is 0.855. The predicted octanol–water partition coefficient (Wildman–Crippen LogP) is 2.73. The molecule has 1 N–H and O–H groups in total. The zero-order valence-electron chi connectivity index (χ0n) is 7.90. The molecule has 11 heavy (non-hydrogen) atoms. The summed E-state index contributed by atoms with van der Waals surface area (Å²) in [5.41, 5.74) is 0. The molecule has 0 amide bonds. The number of hydrogen-bond acceptors (Lipinski definition) is 1. The van der Waals surface area contributed by atoms with Crippen molar-refractivity contribution in [3.05, 3.63) is 12.2 Å². The van der Waals surface area contributed by atoms with Crippen molar-refractivity contribution < 1.29 is 0 Å². The summed E-state index contributed by atoms with van der Waals surface area (Å²) in [6, 6.07) is 0. The molecule has 0 heterocycles. The first kappa shape index (κ1) is 10.7. The van der Waals surface area contributed by atoms with Gasteiger partial charge in [0.05, 0.1) is 0 Å². The van der Waals surface area contributed by atoms with Crippen molar-refractivity contribution in [3.63, 3.8) is 0 Å². The van der Waals surface area contributed by atoms with Crippen molar-refractivity contribution in [1.82, 2.24) is 5.32 Å². The van der Waals surface area contributed by atoms with E-state index >= 15 is 0 Å². The van der Waals surface area contributed by atoms with Gasteiger partial charge in [-0.3, -0.25) is 0 Å². The van der Waals surface area contributed by atoms with E-state index in [-0.39, 0.29) is 0 Å². The van der Waals surface area contributed by atoms with Crippen LogP contribution in [0.5, 0.6) is 0 Å². The maximum Gasteiger partial charge on any atom is 0.0134 e. The van der Waals surface area contributed by atoms with Crippen LogP contribution >= 0.6 is 0 Å². The van der Waals surface area contributed by atoms with Crippen LogP contribution in [-0.4, -0.2) is 13.1 Å². The standard InChI is InChI=1S/C10H21N/c1-3-5-7-8-10-11-9-6-4-2/h7-8,11H,3-6,9-10H2,1-2H3/b8-7-. The van der Waals surface area contributed by atoms with Crippen LogP contribution in [0.1, 0.15) is 39.5 Å². The lowest BCUT2D eigenvalue weighted by Gasteiger charge is -1.97. The van der Waals surface area contributed by atoms with Crippen molar-refractivity contribution in [2.45, 2.75) is 39.5 Å². The summed E-state index contributed by atoms with van der Waals surface area (Å²) < 4.78 is 0. The lowest BCUT2D eigenvalue weighted by molar-refractivity contribution is 0.680. The molecule has 0 unspecified atom stereocenters. The fraction of sp³-hybridized carbons (Fsp3) is 0.800. The molecular formula is C10H21N. The molecule has 0 saturated heterocycles. The highest BCUT2D eigenvalue weighted by molar-refractivity contribution is 4.82. The number of rotatable bonds is 7. The quantitative estimate of drug-likeness (QED) is 0.440. The minimum absolute atomic E-state index is 1.04. The summed E-state index contributed by atoms with van der Waals surface area (Å²) in [5, 5.41) is 3.36. The van der Waals surface area contributed by atoms with Gasteiger partial charge in [-0.15, -0.1) is 0 Å². The Labute approximate surface area is 70.9 Å². The van der Waals surface area contributed by atoms with Gasteiger partial charge < -0.3 is 5.32 Å². The Morgan fingerprint density at radius 2 is 1.91 bits per heavy atom. The van der Waals surface area contributed by atoms with E-state index in [4.69, 9.17) is 0 Å². The maximum atomic E-state index is 3.36. The minimum atomic E-state index is 1.04. The highest BCUT2D eigenvalue weighted by Crippen LogP contribution is 1.87. The van der Waals surface area contributed by atoms with Gasteiger partial charge >= 0.3 is 0 Å². The minimum Gasteiger partial charge on any atom is -0.313 e. The van der Waals surface area contributed by atoms with E-state index in [1.54, 1.807) is 0 Å². The summed E-state index contributed by atoms with van der Waals surface area (Å²) in [5.74, 6) is 0. The third-order valence-electron chi connectivity index (χ3n) is 1.59. The average Bonchev–Trinajstić information content (AvgIpc) is 2.03. The van der Waals surface area contributed by atoms with Gasteiger partial charge in [-0.25, -0.2) is 0 Å². The SMILES string of the molecule is CCC/C=C\CNCCCC. The number of hydrogen-bond donors (Lipinski definition) is 1. The van der Waals surface area contributed by atoms with Crippen molar-refractivity contribution in [2.75, 3.05) is 13.1 Å². The van der Waals surface area contributed by atoms with Gasteiger partial charge in [0.25, 0.3) is 0 Å². The monoisotopic (exact) mass is 155 g/mol. The molecule has 1 nitrogen and oxygen atoms in total. The molecule has 0 radical (unpaired) electrons. The maximum absolute atomic E-state index is 3.36. The van der Waals surface area contributed by atoms with Crippen LogP contribution in [-0.2, 0) is 0 Å². The number of unbranched alkanes of at least 4 members (excludes halogenated alkanes) is 2. The molecule has 0 atom stereocenters. The fourth-order valence-corrected chi connectivity index (χ4v) is 0.855. The average molecular weight is 155 g/mol. The van der Waals surface area contributed by atoms with Crippen molar-refractivity contribution in [3.8, 4) is 0 Å². The van der Waals surface area contributed by atoms with Gasteiger partial charge in [-0.1, -0.05) is 38.8 Å². The van der Waals surface area contributed by atoms with E-state index < -0.39 is 0 Å². The predicted molar refractivity (Wildman–Crippen MR) is 51.8 cm³/mol. The van der Waals surface area contributed by atoms with Gasteiger partial charge in [0.1, 0.15) is 0 Å². The first-order valence-corrected chi connectivity index (χ1v) is 4.77. The molecule has 0 aromatic heterocycles. The molecule has 0 fully saturated rings. The highest BCUT2D eigenvalue weighted by Gasteiger charge is 1.80.